The summed E-state index contributed by atoms with van der Waals surface area (Å²) in [6.45, 7) is 7.62. The molecule has 0 aliphatic carbocycles. The number of anilines is 1. The molecule has 164 valence electrons. The molecule has 0 bridgehead atoms. The number of methoxy groups -OCH3 is 1. The smallest absolute Gasteiger partial charge is 0.259 e. The molecule has 1 aromatic heterocycles. The molecule has 0 spiro atoms. The van der Waals surface area contributed by atoms with Gasteiger partial charge in [-0.2, -0.15) is 0 Å². The van der Waals surface area contributed by atoms with E-state index in [2.05, 4.69) is 29.2 Å². The van der Waals surface area contributed by atoms with E-state index in [1.807, 2.05) is 0 Å². The summed E-state index contributed by atoms with van der Waals surface area (Å²) in [7, 11) is 4.94. The van der Waals surface area contributed by atoms with Gasteiger partial charge in [-0.3, -0.25) is 9.69 Å². The zero-order valence-corrected chi connectivity index (χ0v) is 18.1. The van der Waals surface area contributed by atoms with Crippen molar-refractivity contribution in [3.63, 3.8) is 0 Å². The number of hydrogen-bond donors (Lipinski definition) is 1. The van der Waals surface area contributed by atoms with Crippen LogP contribution in [0.4, 0.5) is 10.2 Å². The molecule has 1 aliphatic rings. The van der Waals surface area contributed by atoms with Crippen LogP contribution in [0.1, 0.15) is 24.2 Å². The summed E-state index contributed by atoms with van der Waals surface area (Å²) in [5, 5.41) is 7.07. The molecule has 9 heteroatoms. The van der Waals surface area contributed by atoms with Gasteiger partial charge in [0.15, 0.2) is 23.1 Å². The van der Waals surface area contributed by atoms with Gasteiger partial charge < -0.3 is 24.2 Å². The number of halogens is 1. The summed E-state index contributed by atoms with van der Waals surface area (Å²) < 4.78 is 29.8. The second-order valence-corrected chi connectivity index (χ2v) is 8.05. The number of morpholine rings is 1. The van der Waals surface area contributed by atoms with Gasteiger partial charge in [-0.1, -0.05) is 5.16 Å². The van der Waals surface area contributed by atoms with Crippen LogP contribution >= 0.6 is 0 Å². The molecular formula is C21H29FN4O4. The standard InChI is InChI=1S/C21H29FN4O4/c1-21(2,26-8-10-29-11-9-26)13-23-20(27)17-18(30-24-19(17)25(3)4)14-6-7-15(22)16(12-14)28-5/h6-7,12H,8-11,13H2,1-5H3,(H,23,27). The number of benzene rings is 1. The summed E-state index contributed by atoms with van der Waals surface area (Å²) in [4.78, 5) is 17.2. The maximum absolute atomic E-state index is 13.8. The van der Waals surface area contributed by atoms with Gasteiger partial charge in [0.1, 0.15) is 5.56 Å². The highest BCUT2D eigenvalue weighted by Gasteiger charge is 2.31. The molecule has 2 aromatic rings. The van der Waals surface area contributed by atoms with Gasteiger partial charge in [0.05, 0.1) is 20.3 Å². The Labute approximate surface area is 175 Å². The third-order valence-electron chi connectivity index (χ3n) is 5.29. The molecule has 3 rings (SSSR count). The Morgan fingerprint density at radius 2 is 2.03 bits per heavy atom. The minimum Gasteiger partial charge on any atom is -0.494 e. The molecule has 0 saturated carbocycles. The molecule has 8 nitrogen and oxygen atoms in total. The number of amides is 1. The van der Waals surface area contributed by atoms with Crippen molar-refractivity contribution in [2.24, 2.45) is 0 Å². The lowest BCUT2D eigenvalue weighted by molar-refractivity contribution is -0.00923. The highest BCUT2D eigenvalue weighted by molar-refractivity contribution is 6.04. The van der Waals surface area contributed by atoms with Crippen LogP contribution in [0.2, 0.25) is 0 Å². The van der Waals surface area contributed by atoms with Gasteiger partial charge in [0.2, 0.25) is 0 Å². The van der Waals surface area contributed by atoms with E-state index in [1.54, 1.807) is 19.0 Å². The quantitative estimate of drug-likeness (QED) is 0.737. The number of carbonyl (C=O) groups is 1. The first-order chi connectivity index (χ1) is 14.2. The number of carbonyl (C=O) groups excluding carboxylic acids is 1. The fraction of sp³-hybridized carbons (Fsp3) is 0.524. The molecule has 2 heterocycles. The van der Waals surface area contributed by atoms with Crippen molar-refractivity contribution < 1.29 is 23.2 Å². The first-order valence-corrected chi connectivity index (χ1v) is 9.86. The van der Waals surface area contributed by atoms with Crippen LogP contribution in [-0.2, 0) is 4.74 Å². The predicted molar refractivity (Wildman–Crippen MR) is 112 cm³/mol. The van der Waals surface area contributed by atoms with Crippen LogP contribution in [-0.4, -0.2) is 75.6 Å². The van der Waals surface area contributed by atoms with Crippen molar-refractivity contribution in [3.8, 4) is 17.1 Å². The van der Waals surface area contributed by atoms with Gasteiger partial charge in [0, 0.05) is 44.8 Å². The third kappa shape index (κ3) is 4.57. The van der Waals surface area contributed by atoms with E-state index in [9.17, 15) is 9.18 Å². The van der Waals surface area contributed by atoms with E-state index < -0.39 is 5.82 Å². The number of nitrogens with zero attached hydrogens (tertiary/aromatic N) is 3. The van der Waals surface area contributed by atoms with Crippen LogP contribution in [0.15, 0.2) is 22.7 Å². The molecule has 1 aromatic carbocycles. The number of hydrogen-bond acceptors (Lipinski definition) is 7. The van der Waals surface area contributed by atoms with Crippen LogP contribution in [0.3, 0.4) is 0 Å². The fourth-order valence-electron chi connectivity index (χ4n) is 3.46. The molecule has 1 N–H and O–H groups in total. The van der Waals surface area contributed by atoms with Crippen LogP contribution < -0.4 is 15.0 Å². The number of nitrogens with one attached hydrogen (secondary N) is 1. The average Bonchev–Trinajstić information content (AvgIpc) is 3.19. The molecule has 1 fully saturated rings. The van der Waals surface area contributed by atoms with Gasteiger partial charge >= 0.3 is 0 Å². The first kappa shape index (κ1) is 22.0. The minimum absolute atomic E-state index is 0.0649. The molecular weight excluding hydrogens is 391 g/mol. The van der Waals surface area contributed by atoms with Gasteiger partial charge in [-0.25, -0.2) is 4.39 Å². The number of rotatable bonds is 7. The van der Waals surface area contributed by atoms with Crippen molar-refractivity contribution in [1.29, 1.82) is 0 Å². The fourth-order valence-corrected chi connectivity index (χ4v) is 3.46. The number of aromatic nitrogens is 1. The van der Waals surface area contributed by atoms with Gasteiger partial charge in [-0.05, 0) is 32.0 Å². The summed E-state index contributed by atoms with van der Waals surface area (Å²) in [6, 6.07) is 4.30. The van der Waals surface area contributed by atoms with Crippen molar-refractivity contribution in [2.75, 3.05) is 59.0 Å². The maximum atomic E-state index is 13.8. The van der Waals surface area contributed by atoms with E-state index in [0.717, 1.165) is 13.1 Å². The summed E-state index contributed by atoms with van der Waals surface area (Å²) in [5.41, 5.74) is 0.562. The second kappa shape index (κ2) is 9.01. The van der Waals surface area contributed by atoms with Crippen molar-refractivity contribution in [1.82, 2.24) is 15.4 Å². The Balaban J connectivity index is 1.86. The van der Waals surface area contributed by atoms with Gasteiger partial charge in [-0.15, -0.1) is 0 Å². The molecule has 0 radical (unpaired) electrons. The van der Waals surface area contributed by atoms with E-state index in [4.69, 9.17) is 14.0 Å². The topological polar surface area (TPSA) is 80.1 Å². The Morgan fingerprint density at radius 1 is 1.33 bits per heavy atom. The SMILES string of the molecule is COc1cc(-c2onc(N(C)C)c2C(=O)NCC(C)(C)N2CCOCC2)ccc1F. The summed E-state index contributed by atoms with van der Waals surface area (Å²) >= 11 is 0. The Bertz CT molecular complexity index is 891. The van der Waals surface area contributed by atoms with E-state index in [0.29, 0.717) is 36.7 Å². The average molecular weight is 420 g/mol. The van der Waals surface area contributed by atoms with E-state index in [-0.39, 0.29) is 23.0 Å². The molecule has 0 unspecified atom stereocenters. The Morgan fingerprint density at radius 3 is 2.67 bits per heavy atom. The van der Waals surface area contributed by atoms with E-state index >= 15 is 0 Å². The molecule has 1 saturated heterocycles. The highest BCUT2D eigenvalue weighted by Crippen LogP contribution is 2.33. The summed E-state index contributed by atoms with van der Waals surface area (Å²) in [6.07, 6.45) is 0. The number of ether oxygens (including phenoxy) is 2. The molecule has 1 aliphatic heterocycles. The largest absolute Gasteiger partial charge is 0.494 e. The second-order valence-electron chi connectivity index (χ2n) is 8.05. The Kier molecular flexibility index (Phi) is 6.62. The van der Waals surface area contributed by atoms with Crippen molar-refractivity contribution in [3.05, 3.63) is 29.6 Å². The maximum Gasteiger partial charge on any atom is 0.259 e. The molecule has 30 heavy (non-hydrogen) atoms. The van der Waals surface area contributed by atoms with Crippen LogP contribution in [0.25, 0.3) is 11.3 Å². The summed E-state index contributed by atoms with van der Waals surface area (Å²) in [5.74, 6) is -0.0739. The lowest BCUT2D eigenvalue weighted by Gasteiger charge is -2.40. The lowest BCUT2D eigenvalue weighted by atomic mass is 10.0. The van der Waals surface area contributed by atoms with Crippen molar-refractivity contribution in [2.45, 2.75) is 19.4 Å². The normalized spacial score (nSPS) is 15.1. The minimum atomic E-state index is -0.494. The van der Waals surface area contributed by atoms with E-state index in [1.165, 1.54) is 25.3 Å². The lowest BCUT2D eigenvalue weighted by Crippen LogP contribution is -2.55. The van der Waals surface area contributed by atoms with Crippen LogP contribution in [0, 0.1) is 5.82 Å². The first-order valence-electron chi connectivity index (χ1n) is 9.86. The Hall–Kier alpha value is -2.65. The molecule has 0 atom stereocenters. The molecule has 1 amide bonds. The zero-order chi connectivity index (χ0) is 21.9. The van der Waals surface area contributed by atoms with Crippen LogP contribution in [0.5, 0.6) is 5.75 Å². The highest BCUT2D eigenvalue weighted by atomic mass is 19.1. The predicted octanol–water partition coefficient (Wildman–Crippen LogP) is 2.40. The monoisotopic (exact) mass is 420 g/mol. The van der Waals surface area contributed by atoms with Crippen molar-refractivity contribution >= 4 is 11.7 Å². The third-order valence-corrected chi connectivity index (χ3v) is 5.29. The van der Waals surface area contributed by atoms with Gasteiger partial charge in [0.25, 0.3) is 5.91 Å². The zero-order valence-electron chi connectivity index (χ0n) is 18.1.